The van der Waals surface area contributed by atoms with Gasteiger partial charge < -0.3 is 5.32 Å². The van der Waals surface area contributed by atoms with Crippen LogP contribution in [-0.4, -0.2) is 17.4 Å². The first-order chi connectivity index (χ1) is 16.5. The maximum Gasteiger partial charge on any atom is 0.416 e. The third-order valence-electron chi connectivity index (χ3n) is 5.57. The van der Waals surface area contributed by atoms with Crippen LogP contribution >= 0.6 is 0 Å². The summed E-state index contributed by atoms with van der Waals surface area (Å²) in [5, 5.41) is 2.88. The Morgan fingerprint density at radius 1 is 0.886 bits per heavy atom. The summed E-state index contributed by atoms with van der Waals surface area (Å²) in [6.07, 6.45) is -2.75. The molecule has 1 aliphatic rings. The third-order valence-corrected chi connectivity index (χ3v) is 5.57. The number of para-hydroxylation sites is 1. The van der Waals surface area contributed by atoms with Crippen LogP contribution in [0.2, 0.25) is 0 Å². The number of nitrogens with zero attached hydrogens (tertiary/aromatic N) is 1. The molecule has 4 nitrogen and oxygen atoms in total. The molecule has 0 aromatic heterocycles. The van der Waals surface area contributed by atoms with E-state index in [9.17, 15) is 22.8 Å². The second-order valence-corrected chi connectivity index (χ2v) is 9.42. The maximum absolute atomic E-state index is 13.8. The number of amides is 2. The first-order valence-electron chi connectivity index (χ1n) is 11.1. The molecular formula is C28H25F3N2O2. The Balaban J connectivity index is 1.84. The SMILES string of the molecule is CC(C)(C)NC(=O)C(c1ccc(C(F)(F)F)cc1)N1C(=O)/C(=C\c2ccccc2)c2ccccc21. The van der Waals surface area contributed by atoms with Crippen molar-refractivity contribution in [3.8, 4) is 0 Å². The Labute approximate surface area is 202 Å². The van der Waals surface area contributed by atoms with Gasteiger partial charge in [0.25, 0.3) is 5.91 Å². The summed E-state index contributed by atoms with van der Waals surface area (Å²) in [5.41, 5.74) is 1.24. The molecule has 7 heteroatoms. The van der Waals surface area contributed by atoms with Gasteiger partial charge in [-0.2, -0.15) is 13.2 Å². The molecule has 0 radical (unpaired) electrons. The summed E-state index contributed by atoms with van der Waals surface area (Å²) in [6, 6.07) is 19.6. The number of fused-ring (bicyclic) bond motifs is 1. The second-order valence-electron chi connectivity index (χ2n) is 9.42. The van der Waals surface area contributed by atoms with Crippen LogP contribution in [-0.2, 0) is 15.8 Å². The van der Waals surface area contributed by atoms with E-state index in [0.717, 1.165) is 17.7 Å². The van der Waals surface area contributed by atoms with Gasteiger partial charge in [-0.05, 0) is 56.2 Å². The molecule has 35 heavy (non-hydrogen) atoms. The van der Waals surface area contributed by atoms with Crippen molar-refractivity contribution >= 4 is 29.2 Å². The molecule has 3 aromatic rings. The van der Waals surface area contributed by atoms with Gasteiger partial charge >= 0.3 is 6.18 Å². The van der Waals surface area contributed by atoms with Crippen LogP contribution in [0.1, 0.15) is 49.1 Å². The lowest BCUT2D eigenvalue weighted by Gasteiger charge is -2.31. The molecule has 0 bridgehead atoms. The van der Waals surface area contributed by atoms with Gasteiger partial charge in [0.1, 0.15) is 6.04 Å². The van der Waals surface area contributed by atoms with E-state index in [1.165, 1.54) is 17.0 Å². The molecule has 0 saturated carbocycles. The molecule has 0 fully saturated rings. The van der Waals surface area contributed by atoms with E-state index in [4.69, 9.17) is 0 Å². The van der Waals surface area contributed by atoms with E-state index in [1.54, 1.807) is 51.1 Å². The zero-order chi connectivity index (χ0) is 25.4. The molecule has 0 saturated heterocycles. The van der Waals surface area contributed by atoms with E-state index in [0.29, 0.717) is 16.8 Å². The fourth-order valence-electron chi connectivity index (χ4n) is 4.09. The summed E-state index contributed by atoms with van der Waals surface area (Å²) in [6.45, 7) is 5.40. The average molecular weight is 479 g/mol. The lowest BCUT2D eigenvalue weighted by Crippen LogP contribution is -2.48. The molecule has 1 unspecified atom stereocenters. The summed E-state index contributed by atoms with van der Waals surface area (Å²) in [4.78, 5) is 28.6. The van der Waals surface area contributed by atoms with Crippen LogP contribution in [0.15, 0.2) is 78.9 Å². The van der Waals surface area contributed by atoms with Crippen molar-refractivity contribution in [1.82, 2.24) is 5.32 Å². The number of carbonyl (C=O) groups is 2. The highest BCUT2D eigenvalue weighted by Gasteiger charge is 2.42. The largest absolute Gasteiger partial charge is 0.416 e. The Kier molecular flexibility index (Phi) is 6.28. The summed E-state index contributed by atoms with van der Waals surface area (Å²) in [5.74, 6) is -0.884. The molecule has 2 amide bonds. The van der Waals surface area contributed by atoms with Crippen molar-refractivity contribution in [3.05, 3.63) is 101 Å². The topological polar surface area (TPSA) is 49.4 Å². The number of halogens is 3. The van der Waals surface area contributed by atoms with Crippen LogP contribution < -0.4 is 10.2 Å². The van der Waals surface area contributed by atoms with Gasteiger partial charge in [0, 0.05) is 16.7 Å². The fraction of sp³-hybridized carbons (Fsp3) is 0.214. The Morgan fingerprint density at radius 3 is 2.09 bits per heavy atom. The highest BCUT2D eigenvalue weighted by atomic mass is 19.4. The first-order valence-corrected chi connectivity index (χ1v) is 11.1. The predicted molar refractivity (Wildman–Crippen MR) is 130 cm³/mol. The van der Waals surface area contributed by atoms with Crippen molar-refractivity contribution in [2.45, 2.75) is 38.5 Å². The van der Waals surface area contributed by atoms with Crippen molar-refractivity contribution in [3.63, 3.8) is 0 Å². The van der Waals surface area contributed by atoms with Gasteiger partial charge in [0.15, 0.2) is 0 Å². The molecule has 1 aliphatic heterocycles. The minimum Gasteiger partial charge on any atom is -0.349 e. The summed E-state index contributed by atoms with van der Waals surface area (Å²) in [7, 11) is 0. The minimum atomic E-state index is -4.51. The van der Waals surface area contributed by atoms with E-state index in [2.05, 4.69) is 5.32 Å². The quantitative estimate of drug-likeness (QED) is 0.451. The molecule has 4 rings (SSSR count). The summed E-state index contributed by atoms with van der Waals surface area (Å²) < 4.78 is 39.5. The zero-order valence-electron chi connectivity index (χ0n) is 19.6. The van der Waals surface area contributed by atoms with Gasteiger partial charge in [-0.25, -0.2) is 0 Å². The predicted octanol–water partition coefficient (Wildman–Crippen LogP) is 6.25. The Bertz CT molecular complexity index is 1270. The van der Waals surface area contributed by atoms with Crippen molar-refractivity contribution in [2.75, 3.05) is 4.90 Å². The number of alkyl halides is 3. The minimum absolute atomic E-state index is 0.281. The number of anilines is 1. The van der Waals surface area contributed by atoms with Gasteiger partial charge in [-0.3, -0.25) is 14.5 Å². The van der Waals surface area contributed by atoms with E-state index >= 15 is 0 Å². The average Bonchev–Trinajstić information content (AvgIpc) is 3.05. The number of nitrogens with one attached hydrogen (secondary N) is 1. The molecule has 1 heterocycles. The Hall–Kier alpha value is -3.87. The third kappa shape index (κ3) is 5.14. The van der Waals surface area contributed by atoms with E-state index < -0.39 is 35.1 Å². The van der Waals surface area contributed by atoms with Crippen LogP contribution in [0, 0.1) is 0 Å². The van der Waals surface area contributed by atoms with Crippen molar-refractivity contribution < 1.29 is 22.8 Å². The van der Waals surface area contributed by atoms with E-state index in [-0.39, 0.29) is 5.56 Å². The van der Waals surface area contributed by atoms with Crippen LogP contribution in [0.25, 0.3) is 11.6 Å². The molecular weight excluding hydrogens is 453 g/mol. The van der Waals surface area contributed by atoms with Gasteiger partial charge in [-0.15, -0.1) is 0 Å². The number of carbonyl (C=O) groups excluding carboxylic acids is 2. The maximum atomic E-state index is 13.8. The molecule has 0 spiro atoms. The number of hydrogen-bond acceptors (Lipinski definition) is 2. The van der Waals surface area contributed by atoms with Crippen LogP contribution in [0.5, 0.6) is 0 Å². The van der Waals surface area contributed by atoms with Gasteiger partial charge in [0.05, 0.1) is 11.3 Å². The molecule has 180 valence electrons. The van der Waals surface area contributed by atoms with Crippen LogP contribution in [0.3, 0.4) is 0 Å². The lowest BCUT2D eigenvalue weighted by atomic mass is 10.00. The van der Waals surface area contributed by atoms with E-state index in [1.807, 2.05) is 30.3 Å². The fourth-order valence-corrected chi connectivity index (χ4v) is 4.09. The zero-order valence-corrected chi connectivity index (χ0v) is 19.6. The highest BCUT2D eigenvalue weighted by Crippen LogP contribution is 2.43. The normalized spacial score (nSPS) is 15.8. The standard InChI is InChI=1S/C28H25F3N2O2/c1-27(2,3)32-25(34)24(19-13-15-20(16-14-19)28(29,30)31)33-23-12-8-7-11-21(23)22(26(33)35)17-18-9-5-4-6-10-18/h4-17,24H,1-3H3,(H,32,34)/b22-17-. The molecule has 3 aromatic carbocycles. The summed E-state index contributed by atoms with van der Waals surface area (Å²) >= 11 is 0. The molecule has 0 aliphatic carbocycles. The van der Waals surface area contributed by atoms with Gasteiger partial charge in [0.2, 0.25) is 5.91 Å². The Morgan fingerprint density at radius 2 is 1.49 bits per heavy atom. The second kappa shape index (κ2) is 9.06. The molecule has 1 N–H and O–H groups in total. The first kappa shape index (κ1) is 24.3. The monoisotopic (exact) mass is 478 g/mol. The number of hydrogen-bond donors (Lipinski definition) is 1. The van der Waals surface area contributed by atoms with Crippen molar-refractivity contribution in [2.24, 2.45) is 0 Å². The lowest BCUT2D eigenvalue weighted by molar-refractivity contribution is -0.137. The van der Waals surface area contributed by atoms with Gasteiger partial charge in [-0.1, -0.05) is 60.7 Å². The number of rotatable bonds is 4. The smallest absolute Gasteiger partial charge is 0.349 e. The van der Waals surface area contributed by atoms with Crippen LogP contribution in [0.4, 0.5) is 18.9 Å². The number of benzene rings is 3. The highest BCUT2D eigenvalue weighted by molar-refractivity contribution is 6.36. The molecule has 1 atom stereocenters. The van der Waals surface area contributed by atoms with Crippen molar-refractivity contribution in [1.29, 1.82) is 0 Å².